The lowest BCUT2D eigenvalue weighted by molar-refractivity contribution is -0.136. The van der Waals surface area contributed by atoms with Gasteiger partial charge in [0.1, 0.15) is 5.75 Å². The predicted molar refractivity (Wildman–Crippen MR) is 163 cm³/mol. The minimum absolute atomic E-state index is 0.0138. The number of carbonyl (C=O) groups is 2. The molecule has 0 aliphatic carbocycles. The van der Waals surface area contributed by atoms with Crippen molar-refractivity contribution in [2.75, 3.05) is 32.1 Å². The van der Waals surface area contributed by atoms with E-state index in [0.29, 0.717) is 56.3 Å². The van der Waals surface area contributed by atoms with E-state index in [9.17, 15) is 9.59 Å². The van der Waals surface area contributed by atoms with Crippen molar-refractivity contribution in [2.24, 2.45) is 5.92 Å². The molecule has 5 rings (SSSR count). The fourth-order valence-electron chi connectivity index (χ4n) is 4.63. The van der Waals surface area contributed by atoms with Crippen LogP contribution < -0.4 is 30.2 Å². The van der Waals surface area contributed by atoms with Crippen LogP contribution in [0.3, 0.4) is 0 Å². The molecule has 0 radical (unpaired) electrons. The van der Waals surface area contributed by atoms with Crippen LogP contribution >= 0.6 is 23.2 Å². The molecule has 0 bridgehead atoms. The minimum Gasteiger partial charge on any atom is -0.493 e. The van der Waals surface area contributed by atoms with E-state index in [2.05, 4.69) is 20.9 Å². The number of hydrogen-bond acceptors (Lipinski definition) is 7. The summed E-state index contributed by atoms with van der Waals surface area (Å²) < 4.78 is 32.6. The lowest BCUT2D eigenvalue weighted by Gasteiger charge is -2.23. The van der Waals surface area contributed by atoms with Crippen LogP contribution in [-0.2, 0) is 16.1 Å². The van der Waals surface area contributed by atoms with E-state index < -0.39 is 17.6 Å². The molecule has 0 atom stereocenters. The molecule has 9 nitrogen and oxygen atoms in total. The van der Waals surface area contributed by atoms with Crippen LogP contribution in [0.2, 0.25) is 10.0 Å². The fourth-order valence-corrected chi connectivity index (χ4v) is 5.11. The van der Waals surface area contributed by atoms with E-state index in [1.165, 1.54) is 18.2 Å². The molecule has 1 fully saturated rings. The topological polar surface area (TPSA) is 111 Å². The largest absolute Gasteiger partial charge is 0.493 e. The maximum atomic E-state index is 15.1. The van der Waals surface area contributed by atoms with Gasteiger partial charge in [-0.15, -0.1) is 0 Å². The monoisotopic (exact) mass is 626 g/mol. The van der Waals surface area contributed by atoms with E-state index in [0.717, 1.165) is 32.0 Å². The molecule has 3 aromatic carbocycles. The molecular weight excluding hydrogens is 598 g/mol. The Bertz CT molecular complexity index is 1650. The number of ether oxygens (including phenoxy) is 3. The molecule has 0 saturated carbocycles. The Kier molecular flexibility index (Phi) is 9.81. The van der Waals surface area contributed by atoms with Gasteiger partial charge >= 0.3 is 11.8 Å². The third-order valence-electron chi connectivity index (χ3n) is 6.99. The maximum absolute atomic E-state index is 15.1. The van der Waals surface area contributed by atoms with Crippen molar-refractivity contribution < 1.29 is 28.2 Å². The number of amides is 2. The van der Waals surface area contributed by atoms with Gasteiger partial charge in [-0.25, -0.2) is 4.39 Å². The number of aromatic nitrogens is 1. The third kappa shape index (κ3) is 7.64. The molecule has 1 aliphatic heterocycles. The molecule has 3 N–H and O–H groups in total. The number of nitrogens with one attached hydrogen (secondary N) is 3. The first-order valence-electron chi connectivity index (χ1n) is 13.6. The van der Waals surface area contributed by atoms with E-state index in [1.807, 2.05) is 0 Å². The van der Waals surface area contributed by atoms with Crippen LogP contribution in [-0.4, -0.2) is 43.6 Å². The summed E-state index contributed by atoms with van der Waals surface area (Å²) in [5.41, 5.74) is 1.25. The Morgan fingerprint density at radius 3 is 2.53 bits per heavy atom. The standard InChI is InChI=1S/C31H29Cl2FN4O5/c1-41-28-14-22-25(15-29(28)42-17-18-6-9-35-10-7-18)36-11-8-26(22)43-27-5-4-21(13-24(27)34)38-31(40)30(39)37-16-19-2-3-20(32)12-23(19)33/h2-5,8,11-15,18,35H,6-7,9-10,16-17H2,1H3,(H,37,39)(H,38,40). The maximum Gasteiger partial charge on any atom is 0.313 e. The summed E-state index contributed by atoms with van der Waals surface area (Å²) in [5.74, 6) is -0.819. The van der Waals surface area contributed by atoms with Gasteiger partial charge in [0.05, 0.1) is 19.2 Å². The number of rotatable bonds is 9. The Balaban J connectivity index is 1.24. The van der Waals surface area contributed by atoms with E-state index >= 15 is 4.39 Å². The van der Waals surface area contributed by atoms with Crippen molar-refractivity contribution >= 4 is 51.6 Å². The smallest absolute Gasteiger partial charge is 0.313 e. The van der Waals surface area contributed by atoms with Crippen LogP contribution in [0.4, 0.5) is 10.1 Å². The SMILES string of the molecule is COc1cc2c(Oc3ccc(NC(=O)C(=O)NCc4ccc(Cl)cc4Cl)cc3F)ccnc2cc1OCC1CCNCC1. The molecule has 0 spiro atoms. The van der Waals surface area contributed by atoms with E-state index in [4.69, 9.17) is 37.4 Å². The Morgan fingerprint density at radius 2 is 1.79 bits per heavy atom. The van der Waals surface area contributed by atoms with Crippen LogP contribution in [0.5, 0.6) is 23.0 Å². The number of anilines is 1. The highest BCUT2D eigenvalue weighted by atomic mass is 35.5. The molecule has 4 aromatic rings. The molecule has 1 saturated heterocycles. The van der Waals surface area contributed by atoms with Crippen molar-refractivity contribution in [3.63, 3.8) is 0 Å². The second-order valence-corrected chi connectivity index (χ2v) is 10.8. The summed E-state index contributed by atoms with van der Waals surface area (Å²) >= 11 is 12.0. The van der Waals surface area contributed by atoms with Crippen molar-refractivity contribution in [2.45, 2.75) is 19.4 Å². The number of hydrogen-bond donors (Lipinski definition) is 3. The highest BCUT2D eigenvalue weighted by Crippen LogP contribution is 2.38. The Hall–Kier alpha value is -4.12. The average Bonchev–Trinajstić information content (AvgIpc) is 3.01. The number of piperidine rings is 1. The molecule has 1 aromatic heterocycles. The van der Waals surface area contributed by atoms with Gasteiger partial charge in [-0.3, -0.25) is 14.6 Å². The quantitative estimate of drug-likeness (QED) is 0.192. The van der Waals surface area contributed by atoms with Gasteiger partial charge in [-0.1, -0.05) is 29.3 Å². The zero-order valence-electron chi connectivity index (χ0n) is 23.2. The molecule has 0 unspecified atom stereocenters. The van der Waals surface area contributed by atoms with Crippen molar-refractivity contribution in [3.05, 3.63) is 82.2 Å². The molecule has 1 aliphatic rings. The van der Waals surface area contributed by atoms with Crippen molar-refractivity contribution in [1.29, 1.82) is 0 Å². The first-order valence-corrected chi connectivity index (χ1v) is 14.4. The highest BCUT2D eigenvalue weighted by molar-refractivity contribution is 6.39. The van der Waals surface area contributed by atoms with Crippen LogP contribution in [0.1, 0.15) is 18.4 Å². The number of benzene rings is 3. The molecule has 12 heteroatoms. The summed E-state index contributed by atoms with van der Waals surface area (Å²) in [7, 11) is 1.55. The van der Waals surface area contributed by atoms with Gasteiger partial charge in [0, 0.05) is 46.0 Å². The van der Waals surface area contributed by atoms with Crippen LogP contribution in [0.25, 0.3) is 10.9 Å². The number of carbonyl (C=O) groups excluding carboxylic acids is 2. The van der Waals surface area contributed by atoms with Crippen molar-refractivity contribution in [3.8, 4) is 23.0 Å². The first kappa shape index (κ1) is 30.3. The zero-order chi connectivity index (χ0) is 30.3. The van der Waals surface area contributed by atoms with E-state index in [-0.39, 0.29) is 18.0 Å². The van der Waals surface area contributed by atoms with Gasteiger partial charge in [0.15, 0.2) is 23.1 Å². The number of halogens is 3. The second-order valence-electron chi connectivity index (χ2n) is 9.95. The fraction of sp³-hybridized carbons (Fsp3) is 0.258. The molecule has 2 heterocycles. The Labute approximate surface area is 257 Å². The zero-order valence-corrected chi connectivity index (χ0v) is 24.7. The minimum atomic E-state index is -0.969. The first-order chi connectivity index (χ1) is 20.8. The van der Waals surface area contributed by atoms with Crippen molar-refractivity contribution in [1.82, 2.24) is 15.6 Å². The average molecular weight is 627 g/mol. The number of nitrogens with zero attached hydrogens (tertiary/aromatic N) is 1. The Morgan fingerprint density at radius 1 is 0.977 bits per heavy atom. The van der Waals surface area contributed by atoms with Gasteiger partial charge in [0.25, 0.3) is 0 Å². The van der Waals surface area contributed by atoms with E-state index in [1.54, 1.807) is 43.6 Å². The summed E-state index contributed by atoms with van der Waals surface area (Å²) in [6, 6.07) is 13.8. The second kappa shape index (κ2) is 13.9. The highest BCUT2D eigenvalue weighted by Gasteiger charge is 2.19. The molecule has 224 valence electrons. The lowest BCUT2D eigenvalue weighted by atomic mass is 9.99. The molecule has 2 amide bonds. The number of fused-ring (bicyclic) bond motifs is 1. The normalized spacial score (nSPS) is 13.4. The van der Waals surface area contributed by atoms with Gasteiger partial charge in [0.2, 0.25) is 0 Å². The lowest BCUT2D eigenvalue weighted by Crippen LogP contribution is -2.35. The summed E-state index contributed by atoms with van der Waals surface area (Å²) in [4.78, 5) is 29.1. The number of pyridine rings is 1. The van der Waals surface area contributed by atoms with Crippen LogP contribution in [0, 0.1) is 11.7 Å². The summed E-state index contributed by atoms with van der Waals surface area (Å²) in [5, 5.41) is 9.59. The summed E-state index contributed by atoms with van der Waals surface area (Å²) in [6.45, 7) is 2.54. The van der Waals surface area contributed by atoms with Crippen LogP contribution in [0.15, 0.2) is 60.8 Å². The van der Waals surface area contributed by atoms with Gasteiger partial charge in [-0.2, -0.15) is 0 Å². The predicted octanol–water partition coefficient (Wildman–Crippen LogP) is 6.11. The third-order valence-corrected chi connectivity index (χ3v) is 7.58. The number of methoxy groups -OCH3 is 1. The molecular formula is C31H29Cl2FN4O5. The van der Waals surface area contributed by atoms with Gasteiger partial charge < -0.3 is 30.2 Å². The molecule has 43 heavy (non-hydrogen) atoms. The van der Waals surface area contributed by atoms with Gasteiger partial charge in [-0.05, 0) is 73.8 Å². The summed E-state index contributed by atoms with van der Waals surface area (Å²) in [6.07, 6.45) is 3.66.